The molecule has 4 N–H and O–H groups in total. The number of benzene rings is 1. The maximum Gasteiger partial charge on any atom is 0.319 e. The molecule has 1 fully saturated rings. The van der Waals surface area contributed by atoms with Gasteiger partial charge >= 0.3 is 6.03 Å². The van der Waals surface area contributed by atoms with Crippen molar-refractivity contribution in [1.29, 1.82) is 0 Å². The number of hydrogen-bond donors (Lipinski definition) is 3. The molecule has 0 bridgehead atoms. The van der Waals surface area contributed by atoms with Gasteiger partial charge in [0.15, 0.2) is 0 Å². The van der Waals surface area contributed by atoms with Gasteiger partial charge in [0.05, 0.1) is 10.6 Å². The van der Waals surface area contributed by atoms with E-state index < -0.39 is 5.91 Å². The Kier molecular flexibility index (Phi) is 5.22. The molecule has 1 aliphatic heterocycles. The lowest BCUT2D eigenvalue weighted by molar-refractivity contribution is 0.1000. The van der Waals surface area contributed by atoms with Crippen molar-refractivity contribution >= 4 is 35.0 Å². The van der Waals surface area contributed by atoms with E-state index in [1.807, 2.05) is 4.90 Å². The van der Waals surface area contributed by atoms with Crippen molar-refractivity contribution in [2.75, 3.05) is 23.3 Å². The first-order valence-corrected chi connectivity index (χ1v) is 8.33. The van der Waals surface area contributed by atoms with Crippen LogP contribution in [-0.2, 0) is 0 Å². The quantitative estimate of drug-likeness (QED) is 0.761. The highest BCUT2D eigenvalue weighted by atomic mass is 35.5. The molecule has 0 aliphatic carbocycles. The van der Waals surface area contributed by atoms with Crippen LogP contribution < -0.4 is 21.3 Å². The van der Waals surface area contributed by atoms with Crippen molar-refractivity contribution in [3.05, 3.63) is 52.9 Å². The highest BCUT2D eigenvalue weighted by Crippen LogP contribution is 2.27. The van der Waals surface area contributed by atoms with E-state index >= 15 is 0 Å². The number of urea groups is 1. The Hall–Kier alpha value is -2.87. The molecule has 0 radical (unpaired) electrons. The molecule has 2 heterocycles. The maximum absolute atomic E-state index is 12.9. The lowest BCUT2D eigenvalue weighted by atomic mass is 10.2. The summed E-state index contributed by atoms with van der Waals surface area (Å²) in [5.74, 6) is -0.418. The zero-order valence-electron chi connectivity index (χ0n) is 13.7. The van der Waals surface area contributed by atoms with Crippen LogP contribution in [0.3, 0.4) is 0 Å². The van der Waals surface area contributed by atoms with E-state index in [9.17, 15) is 14.0 Å². The van der Waals surface area contributed by atoms with Gasteiger partial charge in [-0.05, 0) is 36.8 Å². The summed E-state index contributed by atoms with van der Waals surface area (Å²) in [6, 6.07) is 6.54. The SMILES string of the molecule is NC(=O)c1cnc(N2CCC(NC(=O)Nc3ccc(F)cc3)C2)c(Cl)c1. The topological polar surface area (TPSA) is 100 Å². The number of amides is 3. The third kappa shape index (κ3) is 4.20. The summed E-state index contributed by atoms with van der Waals surface area (Å²) in [6.45, 7) is 1.18. The summed E-state index contributed by atoms with van der Waals surface area (Å²) in [6.07, 6.45) is 2.10. The molecular weight excluding hydrogens is 361 g/mol. The summed E-state index contributed by atoms with van der Waals surface area (Å²) >= 11 is 6.18. The normalized spacial score (nSPS) is 16.4. The van der Waals surface area contributed by atoms with Gasteiger partial charge in [0.2, 0.25) is 5.91 Å². The number of nitrogens with zero attached hydrogens (tertiary/aromatic N) is 2. The van der Waals surface area contributed by atoms with Crippen LogP contribution in [0.5, 0.6) is 0 Å². The van der Waals surface area contributed by atoms with Crippen LogP contribution in [0.2, 0.25) is 5.02 Å². The van der Waals surface area contributed by atoms with E-state index in [0.29, 0.717) is 36.0 Å². The van der Waals surface area contributed by atoms with Gasteiger partial charge in [-0.1, -0.05) is 11.6 Å². The zero-order chi connectivity index (χ0) is 18.7. The Morgan fingerprint density at radius 2 is 2.04 bits per heavy atom. The minimum atomic E-state index is -0.593. The average Bonchev–Trinajstić information content (AvgIpc) is 3.04. The second-order valence-electron chi connectivity index (χ2n) is 5.93. The second-order valence-corrected chi connectivity index (χ2v) is 6.34. The lowest BCUT2D eigenvalue weighted by Gasteiger charge is -2.19. The largest absolute Gasteiger partial charge is 0.366 e. The molecule has 136 valence electrons. The van der Waals surface area contributed by atoms with Crippen LogP contribution in [0.25, 0.3) is 0 Å². The van der Waals surface area contributed by atoms with Gasteiger partial charge in [0.25, 0.3) is 0 Å². The number of pyridine rings is 1. The van der Waals surface area contributed by atoms with E-state index in [1.165, 1.54) is 36.5 Å². The smallest absolute Gasteiger partial charge is 0.319 e. The van der Waals surface area contributed by atoms with Gasteiger partial charge in [0.1, 0.15) is 11.6 Å². The molecule has 0 spiro atoms. The van der Waals surface area contributed by atoms with Crippen LogP contribution >= 0.6 is 11.6 Å². The number of primary amides is 1. The molecule has 1 aliphatic rings. The molecule has 7 nitrogen and oxygen atoms in total. The Balaban J connectivity index is 1.57. The Morgan fingerprint density at radius 1 is 1.31 bits per heavy atom. The van der Waals surface area contributed by atoms with E-state index in [2.05, 4.69) is 15.6 Å². The molecule has 3 amide bonds. The first-order valence-electron chi connectivity index (χ1n) is 7.96. The third-order valence-corrected chi connectivity index (χ3v) is 4.31. The van der Waals surface area contributed by atoms with Crippen molar-refractivity contribution in [1.82, 2.24) is 10.3 Å². The first-order chi connectivity index (χ1) is 12.4. The predicted molar refractivity (Wildman–Crippen MR) is 96.9 cm³/mol. The molecule has 1 aromatic heterocycles. The van der Waals surface area contributed by atoms with Crippen molar-refractivity contribution in [3.8, 4) is 0 Å². The summed E-state index contributed by atoms with van der Waals surface area (Å²) in [5, 5.41) is 5.85. The fraction of sp³-hybridized carbons (Fsp3) is 0.235. The van der Waals surface area contributed by atoms with Gasteiger partial charge < -0.3 is 21.3 Å². The molecule has 1 saturated heterocycles. The minimum absolute atomic E-state index is 0.0934. The van der Waals surface area contributed by atoms with Crippen LogP contribution in [-0.4, -0.2) is 36.1 Å². The van der Waals surface area contributed by atoms with Crippen LogP contribution in [0.15, 0.2) is 36.5 Å². The fourth-order valence-electron chi connectivity index (χ4n) is 2.75. The Bertz CT molecular complexity index is 830. The maximum atomic E-state index is 12.9. The van der Waals surface area contributed by atoms with Gasteiger partial charge in [-0.25, -0.2) is 14.2 Å². The summed E-state index contributed by atoms with van der Waals surface area (Å²) in [5.41, 5.74) is 5.96. The number of nitrogens with one attached hydrogen (secondary N) is 2. The highest BCUT2D eigenvalue weighted by molar-refractivity contribution is 6.33. The van der Waals surface area contributed by atoms with E-state index in [4.69, 9.17) is 17.3 Å². The number of halogens is 2. The lowest BCUT2D eigenvalue weighted by Crippen LogP contribution is -2.39. The molecule has 1 unspecified atom stereocenters. The number of rotatable bonds is 4. The van der Waals surface area contributed by atoms with Crippen molar-refractivity contribution in [2.45, 2.75) is 12.5 Å². The molecular formula is C17H17ClFN5O2. The first kappa shape index (κ1) is 17.9. The molecule has 1 aromatic carbocycles. The summed E-state index contributed by atoms with van der Waals surface area (Å²) in [4.78, 5) is 29.3. The van der Waals surface area contributed by atoms with Gasteiger partial charge in [-0.2, -0.15) is 0 Å². The third-order valence-electron chi connectivity index (χ3n) is 4.03. The number of anilines is 2. The van der Waals surface area contributed by atoms with Gasteiger partial charge in [-0.3, -0.25) is 4.79 Å². The zero-order valence-corrected chi connectivity index (χ0v) is 14.5. The Labute approximate surface area is 154 Å². The average molecular weight is 378 g/mol. The fourth-order valence-corrected chi connectivity index (χ4v) is 3.04. The van der Waals surface area contributed by atoms with E-state index in [1.54, 1.807) is 0 Å². The standard InChI is InChI=1S/C17H17ClFN5O2/c18-14-7-10(15(20)25)8-21-16(14)24-6-5-13(9-24)23-17(26)22-12-3-1-11(19)2-4-12/h1-4,7-8,13H,5-6,9H2,(H2,20,25)(H2,22,23,26). The van der Waals surface area contributed by atoms with Crippen LogP contribution in [0.4, 0.5) is 20.7 Å². The molecule has 3 rings (SSSR count). The number of carbonyl (C=O) groups is 2. The van der Waals surface area contributed by atoms with Crippen molar-refractivity contribution in [3.63, 3.8) is 0 Å². The minimum Gasteiger partial charge on any atom is -0.366 e. The van der Waals surface area contributed by atoms with Gasteiger partial charge in [-0.15, -0.1) is 0 Å². The molecule has 0 saturated carbocycles. The Morgan fingerprint density at radius 3 is 2.69 bits per heavy atom. The molecule has 2 aromatic rings. The second kappa shape index (κ2) is 7.57. The number of carbonyl (C=O) groups excluding carboxylic acids is 2. The van der Waals surface area contributed by atoms with Crippen molar-refractivity contribution < 1.29 is 14.0 Å². The predicted octanol–water partition coefficient (Wildman–Crippen LogP) is 2.37. The number of aromatic nitrogens is 1. The van der Waals surface area contributed by atoms with Gasteiger partial charge in [0, 0.05) is 31.0 Å². The van der Waals surface area contributed by atoms with E-state index in [0.717, 1.165) is 0 Å². The molecule has 26 heavy (non-hydrogen) atoms. The molecule has 9 heteroatoms. The summed E-state index contributed by atoms with van der Waals surface area (Å²) in [7, 11) is 0. The van der Waals surface area contributed by atoms with Crippen LogP contribution in [0, 0.1) is 5.82 Å². The van der Waals surface area contributed by atoms with Crippen molar-refractivity contribution in [2.24, 2.45) is 5.73 Å². The molecule has 1 atom stereocenters. The van der Waals surface area contributed by atoms with Crippen LogP contribution in [0.1, 0.15) is 16.8 Å². The highest BCUT2D eigenvalue weighted by Gasteiger charge is 2.26. The summed E-state index contributed by atoms with van der Waals surface area (Å²) < 4.78 is 12.9. The monoisotopic (exact) mass is 377 g/mol. The number of hydrogen-bond acceptors (Lipinski definition) is 4. The van der Waals surface area contributed by atoms with E-state index in [-0.39, 0.29) is 23.5 Å². The number of nitrogens with two attached hydrogens (primary N) is 1.